The molecule has 0 bridgehead atoms. The fraction of sp³-hybridized carbons (Fsp3) is 0.737. The second-order valence-corrected chi connectivity index (χ2v) is 8.30. The van der Waals surface area contributed by atoms with Crippen LogP contribution in [0.4, 0.5) is 4.79 Å². The van der Waals surface area contributed by atoms with Gasteiger partial charge >= 0.3 is 12.0 Å². The monoisotopic (exact) mass is 445 g/mol. The summed E-state index contributed by atoms with van der Waals surface area (Å²) >= 11 is 0. The van der Waals surface area contributed by atoms with Gasteiger partial charge in [-0.1, -0.05) is 13.8 Å². The minimum atomic E-state index is -1.24. The van der Waals surface area contributed by atoms with Crippen LogP contribution in [0.1, 0.15) is 47.5 Å². The molecule has 0 saturated carbocycles. The molecule has 0 aliphatic carbocycles. The zero-order valence-corrected chi connectivity index (χ0v) is 18.7. The molecule has 0 rings (SSSR count). The molecule has 0 radical (unpaired) electrons. The number of carboxylic acids is 1. The number of urea groups is 1. The van der Waals surface area contributed by atoms with Crippen LogP contribution in [0.25, 0.3) is 0 Å². The van der Waals surface area contributed by atoms with E-state index in [2.05, 4.69) is 21.3 Å². The van der Waals surface area contributed by atoms with Crippen molar-refractivity contribution in [1.82, 2.24) is 21.3 Å². The van der Waals surface area contributed by atoms with Gasteiger partial charge in [0.2, 0.25) is 17.7 Å². The average Bonchev–Trinajstić information content (AvgIpc) is 2.63. The molecule has 31 heavy (non-hydrogen) atoms. The van der Waals surface area contributed by atoms with Gasteiger partial charge < -0.3 is 36.8 Å². The summed E-state index contributed by atoms with van der Waals surface area (Å²) in [6.07, 6.45) is 0.339. The van der Waals surface area contributed by atoms with Crippen LogP contribution in [0.3, 0.4) is 0 Å². The zero-order valence-electron chi connectivity index (χ0n) is 18.7. The Labute approximate surface area is 182 Å². The van der Waals surface area contributed by atoms with E-state index in [9.17, 15) is 29.1 Å². The van der Waals surface area contributed by atoms with Crippen molar-refractivity contribution in [2.45, 2.75) is 65.1 Å². The molecule has 178 valence electrons. The van der Waals surface area contributed by atoms with Crippen LogP contribution in [0.2, 0.25) is 0 Å². The fourth-order valence-corrected chi connectivity index (χ4v) is 2.31. The number of ether oxygens (including phenoxy) is 1. The smallest absolute Gasteiger partial charge is 0.326 e. The third-order valence-electron chi connectivity index (χ3n) is 3.93. The van der Waals surface area contributed by atoms with Crippen molar-refractivity contribution >= 4 is 29.7 Å². The van der Waals surface area contributed by atoms with Crippen LogP contribution < -0.4 is 27.0 Å². The molecule has 0 fully saturated rings. The van der Waals surface area contributed by atoms with Gasteiger partial charge in [-0.05, 0) is 39.5 Å². The lowest BCUT2D eigenvalue weighted by atomic mass is 10.0. The van der Waals surface area contributed by atoms with E-state index in [1.165, 1.54) is 0 Å². The Morgan fingerprint density at radius 2 is 1.61 bits per heavy atom. The Balaban J connectivity index is 4.70. The molecule has 12 heteroatoms. The topological polar surface area (TPSA) is 189 Å². The number of carbonyl (C=O) groups is 5. The third-order valence-corrected chi connectivity index (χ3v) is 3.93. The highest BCUT2D eigenvalue weighted by Crippen LogP contribution is 2.06. The maximum Gasteiger partial charge on any atom is 0.326 e. The van der Waals surface area contributed by atoms with Crippen molar-refractivity contribution in [3.63, 3.8) is 0 Å². The number of nitrogens with one attached hydrogen (secondary N) is 4. The van der Waals surface area contributed by atoms with Crippen molar-refractivity contribution in [2.75, 3.05) is 19.7 Å². The molecule has 7 N–H and O–H groups in total. The summed E-state index contributed by atoms with van der Waals surface area (Å²) in [4.78, 5) is 58.5. The maximum atomic E-state index is 12.5. The predicted octanol–water partition coefficient (Wildman–Crippen LogP) is -0.924. The van der Waals surface area contributed by atoms with Crippen molar-refractivity contribution in [3.8, 4) is 0 Å². The van der Waals surface area contributed by atoms with Gasteiger partial charge in [-0.2, -0.15) is 0 Å². The molecule has 0 aliphatic heterocycles. The highest BCUT2D eigenvalue weighted by atomic mass is 16.5. The maximum absolute atomic E-state index is 12.5. The van der Waals surface area contributed by atoms with Gasteiger partial charge in [0.15, 0.2) is 0 Å². The van der Waals surface area contributed by atoms with Gasteiger partial charge in [0.25, 0.3) is 0 Å². The van der Waals surface area contributed by atoms with E-state index in [1.54, 1.807) is 34.6 Å². The largest absolute Gasteiger partial charge is 0.480 e. The lowest BCUT2D eigenvalue weighted by Gasteiger charge is -2.24. The minimum Gasteiger partial charge on any atom is -0.480 e. The number of carbonyl (C=O) groups excluding carboxylic acids is 4. The molecular formula is C19H35N5O7. The Bertz CT molecular complexity index is 646. The summed E-state index contributed by atoms with van der Waals surface area (Å²) in [6.45, 7) is 8.34. The van der Waals surface area contributed by atoms with Gasteiger partial charge in [0.05, 0.1) is 12.1 Å². The first kappa shape index (κ1) is 28.1. The minimum absolute atomic E-state index is 0.0595. The lowest BCUT2D eigenvalue weighted by molar-refractivity contribution is -0.142. The average molecular weight is 446 g/mol. The van der Waals surface area contributed by atoms with Gasteiger partial charge in [-0.25, -0.2) is 9.59 Å². The number of primary amides is 1. The van der Waals surface area contributed by atoms with Gasteiger partial charge in [0.1, 0.15) is 18.7 Å². The summed E-state index contributed by atoms with van der Waals surface area (Å²) in [5.74, 6) is -3.33. The van der Waals surface area contributed by atoms with Crippen molar-refractivity contribution in [1.29, 1.82) is 0 Å². The summed E-state index contributed by atoms with van der Waals surface area (Å²) in [7, 11) is 0. The van der Waals surface area contributed by atoms with Crippen LogP contribution in [0.15, 0.2) is 0 Å². The highest BCUT2D eigenvalue weighted by Gasteiger charge is 2.28. The van der Waals surface area contributed by atoms with Crippen LogP contribution in [0, 0.1) is 5.92 Å². The van der Waals surface area contributed by atoms with E-state index < -0.39 is 47.4 Å². The Hall–Kier alpha value is -2.89. The highest BCUT2D eigenvalue weighted by molar-refractivity contribution is 5.92. The van der Waals surface area contributed by atoms with Crippen LogP contribution >= 0.6 is 0 Å². The van der Waals surface area contributed by atoms with Crippen molar-refractivity contribution < 1.29 is 33.8 Å². The first-order valence-electron chi connectivity index (χ1n) is 9.99. The normalized spacial score (nSPS) is 13.1. The summed E-state index contributed by atoms with van der Waals surface area (Å²) in [5.41, 5.74) is 4.44. The van der Waals surface area contributed by atoms with E-state index in [-0.39, 0.29) is 38.5 Å². The van der Waals surface area contributed by atoms with Crippen molar-refractivity contribution in [3.05, 3.63) is 0 Å². The van der Waals surface area contributed by atoms with Crippen LogP contribution in [-0.4, -0.2) is 72.2 Å². The summed E-state index contributed by atoms with van der Waals surface area (Å²) in [5, 5.41) is 18.9. The zero-order chi connectivity index (χ0) is 24.2. The first-order chi connectivity index (χ1) is 14.2. The number of amides is 5. The van der Waals surface area contributed by atoms with Gasteiger partial charge in [-0.15, -0.1) is 0 Å². The summed E-state index contributed by atoms with van der Waals surface area (Å²) < 4.78 is 5.31. The van der Waals surface area contributed by atoms with Crippen LogP contribution in [-0.2, 0) is 23.9 Å². The molecule has 0 spiro atoms. The predicted molar refractivity (Wildman–Crippen MR) is 112 cm³/mol. The Morgan fingerprint density at radius 1 is 1.00 bits per heavy atom. The molecule has 12 nitrogen and oxygen atoms in total. The molecular weight excluding hydrogens is 410 g/mol. The number of aliphatic carboxylic acids is 1. The fourth-order valence-electron chi connectivity index (χ4n) is 2.31. The number of nitrogens with two attached hydrogens (primary N) is 1. The molecule has 0 aromatic heterocycles. The number of hydrogen-bond acceptors (Lipinski definition) is 6. The second-order valence-electron chi connectivity index (χ2n) is 8.30. The van der Waals surface area contributed by atoms with Gasteiger partial charge in [-0.3, -0.25) is 14.4 Å². The van der Waals surface area contributed by atoms with E-state index in [4.69, 9.17) is 10.5 Å². The first-order valence-corrected chi connectivity index (χ1v) is 9.99. The molecule has 0 aromatic carbocycles. The SMILES string of the molecule is CC(C)[C@H](NC(=O)CNC(=O)COC(C)(C)C)C(=O)N[C@@H](CCCNC(N)=O)C(=O)O. The number of rotatable bonds is 13. The molecule has 0 heterocycles. The standard InChI is InChI=1S/C19H35N5O7/c1-11(2)15(24-13(25)9-22-14(26)10-31-19(3,4)5)16(27)23-12(17(28)29)7-6-8-21-18(20)30/h11-12,15H,6-10H2,1-5H3,(H,22,26)(H,23,27)(H,24,25)(H,28,29)(H3,20,21,30)/t12-,15-/m0/s1. The summed E-state index contributed by atoms with van der Waals surface area (Å²) in [6, 6.07) is -2.93. The third kappa shape index (κ3) is 13.9. The molecule has 0 aliphatic rings. The molecule has 5 amide bonds. The number of carboxylic acid groups (broad SMARTS) is 1. The lowest BCUT2D eigenvalue weighted by Crippen LogP contribution is -2.55. The van der Waals surface area contributed by atoms with E-state index in [0.717, 1.165) is 0 Å². The Kier molecular flexibility index (Phi) is 12.2. The second kappa shape index (κ2) is 13.4. The molecule has 0 aromatic rings. The molecule has 2 atom stereocenters. The molecule has 0 saturated heterocycles. The Morgan fingerprint density at radius 3 is 2.10 bits per heavy atom. The van der Waals surface area contributed by atoms with E-state index >= 15 is 0 Å². The van der Waals surface area contributed by atoms with Crippen LogP contribution in [0.5, 0.6) is 0 Å². The van der Waals surface area contributed by atoms with Crippen molar-refractivity contribution in [2.24, 2.45) is 11.7 Å². The number of hydrogen-bond donors (Lipinski definition) is 6. The van der Waals surface area contributed by atoms with E-state index in [0.29, 0.717) is 0 Å². The molecule has 0 unspecified atom stereocenters. The quantitative estimate of drug-likeness (QED) is 0.197. The van der Waals surface area contributed by atoms with E-state index in [1.807, 2.05) is 0 Å². The van der Waals surface area contributed by atoms with Gasteiger partial charge in [0, 0.05) is 6.54 Å².